The van der Waals surface area contributed by atoms with Crippen LogP contribution in [0.1, 0.15) is 59.8 Å². The molecule has 1 amide bonds. The molecular weight excluding hydrogens is 405 g/mol. The Hall–Kier alpha value is -2.32. The number of hydrogen-bond acceptors (Lipinski definition) is 4. The van der Waals surface area contributed by atoms with Crippen LogP contribution >= 0.6 is 0 Å². The van der Waals surface area contributed by atoms with Gasteiger partial charge in [-0.1, -0.05) is 19.1 Å². The van der Waals surface area contributed by atoms with Crippen LogP contribution in [-0.2, 0) is 10.0 Å². The predicted molar refractivity (Wildman–Crippen MR) is 114 cm³/mol. The molecule has 0 saturated carbocycles. The molecule has 1 saturated heterocycles. The third-order valence-electron chi connectivity index (χ3n) is 5.80. The summed E-state index contributed by atoms with van der Waals surface area (Å²) in [6.07, 6.45) is 4.97. The van der Waals surface area contributed by atoms with Crippen LogP contribution in [0.5, 0.6) is 0 Å². The molecule has 30 heavy (non-hydrogen) atoms. The summed E-state index contributed by atoms with van der Waals surface area (Å²) in [4.78, 5) is 19.1. The van der Waals surface area contributed by atoms with Gasteiger partial charge in [-0.15, -0.1) is 0 Å². The number of halogens is 1. The average molecular weight is 434 g/mol. The van der Waals surface area contributed by atoms with E-state index in [0.717, 1.165) is 24.1 Å². The highest BCUT2D eigenvalue weighted by Gasteiger charge is 2.27. The van der Waals surface area contributed by atoms with Gasteiger partial charge < -0.3 is 4.90 Å². The summed E-state index contributed by atoms with van der Waals surface area (Å²) in [5.41, 5.74) is 2.26. The Morgan fingerprint density at radius 3 is 2.33 bits per heavy atom. The second-order valence-corrected chi connectivity index (χ2v) is 9.78. The zero-order chi connectivity index (χ0) is 21.9. The first-order chi connectivity index (χ1) is 14.2. The van der Waals surface area contributed by atoms with Crippen molar-refractivity contribution >= 4 is 15.9 Å². The molecule has 0 bridgehead atoms. The molecule has 3 rings (SSSR count). The summed E-state index contributed by atoms with van der Waals surface area (Å²) >= 11 is 0. The number of rotatable bonds is 6. The van der Waals surface area contributed by atoms with Crippen molar-refractivity contribution in [1.82, 2.24) is 14.2 Å². The van der Waals surface area contributed by atoms with Gasteiger partial charge in [-0.3, -0.25) is 9.78 Å². The molecule has 1 aliphatic rings. The number of piperidine rings is 1. The van der Waals surface area contributed by atoms with Gasteiger partial charge in [0.2, 0.25) is 10.0 Å². The molecule has 1 aromatic heterocycles. The van der Waals surface area contributed by atoms with E-state index in [1.165, 1.54) is 22.7 Å². The maximum Gasteiger partial charge on any atom is 0.255 e. The number of carbonyl (C=O) groups is 1. The number of hydrogen-bond donors (Lipinski definition) is 0. The van der Waals surface area contributed by atoms with E-state index in [-0.39, 0.29) is 23.7 Å². The highest BCUT2D eigenvalue weighted by Crippen LogP contribution is 2.29. The van der Waals surface area contributed by atoms with E-state index in [4.69, 9.17) is 0 Å². The topological polar surface area (TPSA) is 70.6 Å². The quantitative estimate of drug-likeness (QED) is 0.698. The van der Waals surface area contributed by atoms with Gasteiger partial charge in [-0.2, -0.15) is 0 Å². The number of aromatic nitrogens is 1. The maximum atomic E-state index is 13.2. The molecule has 2 aromatic rings. The summed E-state index contributed by atoms with van der Waals surface area (Å²) in [6, 6.07) is 9.71. The molecule has 0 aliphatic carbocycles. The molecule has 0 N–H and O–H groups in total. The van der Waals surface area contributed by atoms with Gasteiger partial charge in [-0.05, 0) is 49.1 Å². The highest BCUT2D eigenvalue weighted by molar-refractivity contribution is 7.88. The third kappa shape index (κ3) is 5.05. The van der Waals surface area contributed by atoms with Crippen molar-refractivity contribution in [3.8, 4) is 0 Å². The molecule has 0 unspecified atom stereocenters. The minimum Gasteiger partial charge on any atom is -0.335 e. The van der Waals surface area contributed by atoms with Crippen LogP contribution in [0.15, 0.2) is 42.6 Å². The Balaban J connectivity index is 1.68. The molecular formula is C22H28FN3O3S. The third-order valence-corrected chi connectivity index (χ3v) is 7.11. The molecule has 1 fully saturated rings. The average Bonchev–Trinajstić information content (AvgIpc) is 2.74. The van der Waals surface area contributed by atoms with Crippen molar-refractivity contribution in [3.05, 3.63) is 65.2 Å². The Morgan fingerprint density at radius 2 is 1.83 bits per heavy atom. The summed E-state index contributed by atoms with van der Waals surface area (Å²) in [6.45, 7) is 2.97. The van der Waals surface area contributed by atoms with Crippen LogP contribution in [0.25, 0.3) is 0 Å². The van der Waals surface area contributed by atoms with Gasteiger partial charge in [0.1, 0.15) is 5.82 Å². The molecule has 0 radical (unpaired) electrons. The molecule has 1 atom stereocenters. The first-order valence-corrected chi connectivity index (χ1v) is 12.0. The zero-order valence-corrected chi connectivity index (χ0v) is 18.4. The Morgan fingerprint density at radius 1 is 1.20 bits per heavy atom. The number of amides is 1. The number of sulfonamides is 1. The summed E-state index contributed by atoms with van der Waals surface area (Å²) in [5.74, 6) is -0.255. The zero-order valence-electron chi connectivity index (χ0n) is 17.6. The highest BCUT2D eigenvalue weighted by atomic mass is 32.2. The van der Waals surface area contributed by atoms with Crippen molar-refractivity contribution < 1.29 is 17.6 Å². The van der Waals surface area contributed by atoms with Crippen LogP contribution in [-0.4, -0.2) is 54.9 Å². The smallest absolute Gasteiger partial charge is 0.255 e. The number of benzene rings is 1. The van der Waals surface area contributed by atoms with Crippen molar-refractivity contribution in [3.63, 3.8) is 0 Å². The number of carbonyl (C=O) groups excluding carboxylic acids is 1. The molecule has 6 nitrogen and oxygen atoms in total. The Kier molecular flexibility index (Phi) is 6.88. The van der Waals surface area contributed by atoms with Crippen LogP contribution < -0.4 is 0 Å². The number of pyridine rings is 1. The lowest BCUT2D eigenvalue weighted by molar-refractivity contribution is 0.0725. The van der Waals surface area contributed by atoms with E-state index >= 15 is 0 Å². The van der Waals surface area contributed by atoms with E-state index in [9.17, 15) is 17.6 Å². The van der Waals surface area contributed by atoms with Gasteiger partial charge in [0.25, 0.3) is 5.91 Å². The second kappa shape index (κ2) is 9.22. The molecule has 1 aromatic carbocycles. The van der Waals surface area contributed by atoms with Gasteiger partial charge in [0.05, 0.1) is 17.9 Å². The number of nitrogens with zero attached hydrogens (tertiary/aromatic N) is 3. The Bertz CT molecular complexity index is 970. The fourth-order valence-corrected chi connectivity index (χ4v) is 4.89. The van der Waals surface area contributed by atoms with Crippen molar-refractivity contribution in [2.24, 2.45) is 0 Å². The predicted octanol–water partition coefficient (Wildman–Crippen LogP) is 3.58. The summed E-state index contributed by atoms with van der Waals surface area (Å²) < 4.78 is 38.0. The summed E-state index contributed by atoms with van der Waals surface area (Å²) in [5, 5.41) is 0. The van der Waals surface area contributed by atoms with E-state index in [1.807, 2.05) is 13.0 Å². The lowest BCUT2D eigenvalue weighted by atomic mass is 9.94. The van der Waals surface area contributed by atoms with E-state index < -0.39 is 10.0 Å². The fraction of sp³-hybridized carbons (Fsp3) is 0.455. The molecule has 0 spiro atoms. The van der Waals surface area contributed by atoms with Crippen LogP contribution in [0.2, 0.25) is 0 Å². The molecule has 162 valence electrons. The fourth-order valence-electron chi connectivity index (χ4n) is 4.02. The van der Waals surface area contributed by atoms with Gasteiger partial charge in [-0.25, -0.2) is 17.1 Å². The largest absolute Gasteiger partial charge is 0.335 e. The molecule has 8 heteroatoms. The van der Waals surface area contributed by atoms with Crippen molar-refractivity contribution in [2.75, 3.05) is 26.4 Å². The van der Waals surface area contributed by atoms with Crippen molar-refractivity contribution in [2.45, 2.75) is 38.1 Å². The van der Waals surface area contributed by atoms with Gasteiger partial charge >= 0.3 is 0 Å². The lowest BCUT2D eigenvalue weighted by Crippen LogP contribution is -2.37. The van der Waals surface area contributed by atoms with E-state index in [2.05, 4.69) is 4.98 Å². The van der Waals surface area contributed by atoms with Crippen LogP contribution in [0.4, 0.5) is 4.39 Å². The van der Waals surface area contributed by atoms with Crippen molar-refractivity contribution in [1.29, 1.82) is 0 Å². The minimum absolute atomic E-state index is 0.142. The summed E-state index contributed by atoms with van der Waals surface area (Å²) in [7, 11) is -1.41. The molecule has 2 heterocycles. The van der Waals surface area contributed by atoms with Gasteiger partial charge in [0.15, 0.2) is 0 Å². The maximum absolute atomic E-state index is 13.2. The Labute approximate surface area is 177 Å². The first kappa shape index (κ1) is 22.4. The monoisotopic (exact) mass is 433 g/mol. The normalized spacial score (nSPS) is 16.9. The van der Waals surface area contributed by atoms with E-state index in [1.54, 1.807) is 36.3 Å². The minimum atomic E-state index is -3.15. The molecule has 1 aliphatic heterocycles. The van der Waals surface area contributed by atoms with E-state index in [0.29, 0.717) is 25.1 Å². The van der Waals surface area contributed by atoms with Gasteiger partial charge in [0, 0.05) is 37.9 Å². The second-order valence-electron chi connectivity index (χ2n) is 7.80. The first-order valence-electron chi connectivity index (χ1n) is 10.1. The van der Waals surface area contributed by atoms with Crippen LogP contribution in [0.3, 0.4) is 0 Å². The SMILES string of the molecule is CC[C@H](c1ccc(F)cc1)N(C)C(=O)c1ccc(C2CCN(S(C)(=O)=O)CC2)nc1. The lowest BCUT2D eigenvalue weighted by Gasteiger charge is -2.30. The van der Waals surface area contributed by atoms with Crippen LogP contribution in [0, 0.1) is 5.82 Å². The standard InChI is InChI=1S/C22H28FN3O3S/c1-4-21(17-5-8-19(23)9-6-17)25(2)22(27)18-7-10-20(24-15-18)16-11-13-26(14-12-16)30(3,28)29/h5-10,15-16,21H,4,11-14H2,1-3H3/t21-/m1/s1.